The molecular formula is C15H24N2. The van der Waals surface area contributed by atoms with E-state index in [1.54, 1.807) is 0 Å². The number of nitrogen functional groups attached to an aromatic ring is 1. The van der Waals surface area contributed by atoms with Gasteiger partial charge >= 0.3 is 0 Å². The summed E-state index contributed by atoms with van der Waals surface area (Å²) in [6, 6.07) is 9.76. The first kappa shape index (κ1) is 12.4. The van der Waals surface area contributed by atoms with E-state index < -0.39 is 0 Å². The van der Waals surface area contributed by atoms with Gasteiger partial charge in [-0.2, -0.15) is 0 Å². The maximum Gasteiger partial charge on any atom is 0.0347 e. The lowest BCUT2D eigenvalue weighted by molar-refractivity contribution is 0.201. The molecule has 17 heavy (non-hydrogen) atoms. The molecule has 1 fully saturated rings. The van der Waals surface area contributed by atoms with E-state index in [1.807, 2.05) is 12.1 Å². The SMILES string of the molecule is CCC1CCC(C)N1CCc1ccccc1N. The number of nitrogens with two attached hydrogens (primary N) is 1. The third-order valence-corrected chi connectivity index (χ3v) is 4.12. The molecule has 0 spiro atoms. The lowest BCUT2D eigenvalue weighted by Gasteiger charge is -2.27. The molecule has 2 atom stereocenters. The Balaban J connectivity index is 1.95. The topological polar surface area (TPSA) is 29.3 Å². The van der Waals surface area contributed by atoms with Crippen LogP contribution < -0.4 is 5.73 Å². The van der Waals surface area contributed by atoms with Gasteiger partial charge < -0.3 is 5.73 Å². The second kappa shape index (κ2) is 5.54. The summed E-state index contributed by atoms with van der Waals surface area (Å²) in [6.45, 7) is 5.80. The minimum Gasteiger partial charge on any atom is -0.399 e. The van der Waals surface area contributed by atoms with Crippen molar-refractivity contribution in [3.8, 4) is 0 Å². The smallest absolute Gasteiger partial charge is 0.0347 e. The van der Waals surface area contributed by atoms with Crippen molar-refractivity contribution in [3.63, 3.8) is 0 Å². The van der Waals surface area contributed by atoms with Crippen molar-refractivity contribution < 1.29 is 0 Å². The summed E-state index contributed by atoms with van der Waals surface area (Å²) in [5.74, 6) is 0. The molecule has 1 aromatic rings. The third-order valence-electron chi connectivity index (χ3n) is 4.12. The van der Waals surface area contributed by atoms with Crippen molar-refractivity contribution in [1.29, 1.82) is 0 Å². The number of nitrogens with zero attached hydrogens (tertiary/aromatic N) is 1. The van der Waals surface area contributed by atoms with Crippen molar-refractivity contribution >= 4 is 5.69 Å². The van der Waals surface area contributed by atoms with Crippen LogP contribution in [-0.2, 0) is 6.42 Å². The first-order valence-corrected chi connectivity index (χ1v) is 6.81. The summed E-state index contributed by atoms with van der Waals surface area (Å²) >= 11 is 0. The number of hydrogen-bond acceptors (Lipinski definition) is 2. The molecule has 1 aromatic carbocycles. The highest BCUT2D eigenvalue weighted by atomic mass is 15.2. The van der Waals surface area contributed by atoms with E-state index in [4.69, 9.17) is 5.73 Å². The van der Waals surface area contributed by atoms with Crippen LogP contribution in [0.25, 0.3) is 0 Å². The van der Waals surface area contributed by atoms with Crippen LogP contribution in [-0.4, -0.2) is 23.5 Å². The molecule has 2 rings (SSSR count). The first-order chi connectivity index (χ1) is 8.22. The van der Waals surface area contributed by atoms with E-state index in [2.05, 4.69) is 30.9 Å². The van der Waals surface area contributed by atoms with Crippen LogP contribution in [0.15, 0.2) is 24.3 Å². The van der Waals surface area contributed by atoms with Gasteiger partial charge in [0.05, 0.1) is 0 Å². The standard InChI is InChI=1S/C15H24N2/c1-3-14-9-8-12(2)17(14)11-10-13-6-4-5-7-15(13)16/h4-7,12,14H,3,8-11,16H2,1-2H3. The predicted molar refractivity (Wildman–Crippen MR) is 74.0 cm³/mol. The van der Waals surface area contributed by atoms with Gasteiger partial charge in [-0.05, 0) is 44.2 Å². The summed E-state index contributed by atoms with van der Waals surface area (Å²) in [6.07, 6.45) is 5.06. The summed E-state index contributed by atoms with van der Waals surface area (Å²) in [5, 5.41) is 0. The molecular weight excluding hydrogens is 208 g/mol. The lowest BCUT2D eigenvalue weighted by Crippen LogP contribution is -2.35. The zero-order chi connectivity index (χ0) is 12.3. The Bertz CT molecular complexity index is 362. The summed E-state index contributed by atoms with van der Waals surface area (Å²) in [5.41, 5.74) is 8.22. The van der Waals surface area contributed by atoms with E-state index in [1.165, 1.54) is 24.8 Å². The van der Waals surface area contributed by atoms with Gasteiger partial charge in [-0.1, -0.05) is 25.1 Å². The Morgan fingerprint density at radius 2 is 2.06 bits per heavy atom. The minimum absolute atomic E-state index is 0.741. The molecule has 0 saturated carbocycles. The van der Waals surface area contributed by atoms with Gasteiger partial charge in [0, 0.05) is 24.3 Å². The lowest BCUT2D eigenvalue weighted by atomic mass is 10.1. The van der Waals surface area contributed by atoms with Gasteiger partial charge in [-0.15, -0.1) is 0 Å². The quantitative estimate of drug-likeness (QED) is 0.808. The van der Waals surface area contributed by atoms with Crippen LogP contribution >= 0.6 is 0 Å². The minimum atomic E-state index is 0.741. The Morgan fingerprint density at radius 1 is 1.29 bits per heavy atom. The van der Waals surface area contributed by atoms with Gasteiger partial charge in [0.1, 0.15) is 0 Å². The van der Waals surface area contributed by atoms with E-state index in [9.17, 15) is 0 Å². The molecule has 0 aliphatic carbocycles. The third kappa shape index (κ3) is 2.81. The average Bonchev–Trinajstić information content (AvgIpc) is 2.69. The summed E-state index contributed by atoms with van der Waals surface area (Å²) < 4.78 is 0. The van der Waals surface area contributed by atoms with E-state index >= 15 is 0 Å². The first-order valence-electron chi connectivity index (χ1n) is 6.81. The van der Waals surface area contributed by atoms with Crippen molar-refractivity contribution in [2.45, 2.75) is 51.6 Å². The van der Waals surface area contributed by atoms with Crippen LogP contribution in [0, 0.1) is 0 Å². The molecule has 2 unspecified atom stereocenters. The normalized spacial score (nSPS) is 25.3. The fourth-order valence-electron chi connectivity index (χ4n) is 2.98. The molecule has 0 aromatic heterocycles. The van der Waals surface area contributed by atoms with Gasteiger partial charge in [-0.25, -0.2) is 0 Å². The Morgan fingerprint density at radius 3 is 2.76 bits per heavy atom. The van der Waals surface area contributed by atoms with Gasteiger partial charge in [0.25, 0.3) is 0 Å². The van der Waals surface area contributed by atoms with Crippen molar-refractivity contribution in [3.05, 3.63) is 29.8 Å². The predicted octanol–water partition coefficient (Wildman–Crippen LogP) is 3.07. The van der Waals surface area contributed by atoms with Gasteiger partial charge in [0.15, 0.2) is 0 Å². The molecule has 2 nitrogen and oxygen atoms in total. The number of likely N-dealkylation sites (tertiary alicyclic amines) is 1. The highest BCUT2D eigenvalue weighted by molar-refractivity contribution is 5.46. The highest BCUT2D eigenvalue weighted by Gasteiger charge is 2.28. The molecule has 0 radical (unpaired) electrons. The van der Waals surface area contributed by atoms with Crippen molar-refractivity contribution in [2.75, 3.05) is 12.3 Å². The van der Waals surface area contributed by atoms with Crippen LogP contribution in [0.2, 0.25) is 0 Å². The Hall–Kier alpha value is -1.02. The summed E-state index contributed by atoms with van der Waals surface area (Å²) in [4.78, 5) is 2.66. The Kier molecular flexibility index (Phi) is 4.06. The Labute approximate surface area is 105 Å². The molecule has 2 N–H and O–H groups in total. The largest absolute Gasteiger partial charge is 0.399 e. The van der Waals surface area contributed by atoms with E-state index in [0.717, 1.165) is 30.7 Å². The molecule has 1 saturated heterocycles. The number of hydrogen-bond donors (Lipinski definition) is 1. The summed E-state index contributed by atoms with van der Waals surface area (Å²) in [7, 11) is 0. The van der Waals surface area contributed by atoms with E-state index in [0.29, 0.717) is 0 Å². The van der Waals surface area contributed by atoms with Crippen LogP contribution in [0.3, 0.4) is 0 Å². The molecule has 0 amide bonds. The highest BCUT2D eigenvalue weighted by Crippen LogP contribution is 2.26. The average molecular weight is 232 g/mol. The maximum atomic E-state index is 5.99. The van der Waals surface area contributed by atoms with Gasteiger partial charge in [-0.3, -0.25) is 4.90 Å². The number of para-hydroxylation sites is 1. The van der Waals surface area contributed by atoms with Crippen LogP contribution in [0.1, 0.15) is 38.7 Å². The monoisotopic (exact) mass is 232 g/mol. The number of rotatable bonds is 4. The molecule has 94 valence electrons. The zero-order valence-electron chi connectivity index (χ0n) is 11.0. The molecule has 1 aliphatic heterocycles. The fourth-order valence-corrected chi connectivity index (χ4v) is 2.98. The van der Waals surface area contributed by atoms with Crippen LogP contribution in [0.5, 0.6) is 0 Å². The van der Waals surface area contributed by atoms with Gasteiger partial charge in [0.2, 0.25) is 0 Å². The molecule has 0 bridgehead atoms. The second-order valence-electron chi connectivity index (χ2n) is 5.18. The van der Waals surface area contributed by atoms with E-state index in [-0.39, 0.29) is 0 Å². The van der Waals surface area contributed by atoms with Crippen molar-refractivity contribution in [1.82, 2.24) is 4.90 Å². The maximum absolute atomic E-state index is 5.99. The fraction of sp³-hybridized carbons (Fsp3) is 0.600. The number of benzene rings is 1. The second-order valence-corrected chi connectivity index (χ2v) is 5.18. The van der Waals surface area contributed by atoms with Crippen molar-refractivity contribution in [2.24, 2.45) is 0 Å². The molecule has 2 heteroatoms. The molecule has 1 aliphatic rings. The number of anilines is 1. The van der Waals surface area contributed by atoms with Crippen LogP contribution in [0.4, 0.5) is 5.69 Å². The zero-order valence-corrected chi connectivity index (χ0v) is 11.0. The molecule has 1 heterocycles.